The SMILES string of the molecule is Nc1cccc(C(=O)O)c1CCC1CCCCN1. The quantitative estimate of drug-likeness (QED) is 0.713. The van der Waals surface area contributed by atoms with Crippen LogP contribution < -0.4 is 11.1 Å². The Bertz CT molecular complexity index is 426. The minimum absolute atomic E-state index is 0.339. The molecule has 0 amide bonds. The van der Waals surface area contributed by atoms with E-state index < -0.39 is 5.97 Å². The molecule has 2 rings (SSSR count). The summed E-state index contributed by atoms with van der Waals surface area (Å²) in [5.74, 6) is -0.895. The van der Waals surface area contributed by atoms with Crippen molar-refractivity contribution in [3.63, 3.8) is 0 Å². The highest BCUT2D eigenvalue weighted by Crippen LogP contribution is 2.21. The Balaban J connectivity index is 2.05. The molecule has 1 atom stereocenters. The Labute approximate surface area is 107 Å². The van der Waals surface area contributed by atoms with Crippen molar-refractivity contribution < 1.29 is 9.90 Å². The number of carboxylic acid groups (broad SMARTS) is 1. The van der Waals surface area contributed by atoms with Crippen molar-refractivity contribution in [3.8, 4) is 0 Å². The van der Waals surface area contributed by atoms with E-state index in [0.717, 1.165) is 24.9 Å². The summed E-state index contributed by atoms with van der Waals surface area (Å²) >= 11 is 0. The third-order valence-electron chi connectivity index (χ3n) is 3.60. The summed E-state index contributed by atoms with van der Waals surface area (Å²) < 4.78 is 0. The molecule has 1 fully saturated rings. The maximum atomic E-state index is 11.2. The fourth-order valence-electron chi connectivity index (χ4n) is 2.57. The average Bonchev–Trinajstić information content (AvgIpc) is 2.38. The maximum Gasteiger partial charge on any atom is 0.336 e. The van der Waals surface area contributed by atoms with E-state index in [-0.39, 0.29) is 0 Å². The van der Waals surface area contributed by atoms with E-state index >= 15 is 0 Å². The van der Waals surface area contributed by atoms with E-state index in [1.807, 2.05) is 0 Å². The van der Waals surface area contributed by atoms with Crippen LogP contribution in [0.5, 0.6) is 0 Å². The van der Waals surface area contributed by atoms with Crippen molar-refractivity contribution in [1.82, 2.24) is 5.32 Å². The summed E-state index contributed by atoms with van der Waals surface area (Å²) in [6.07, 6.45) is 5.35. The lowest BCUT2D eigenvalue weighted by Crippen LogP contribution is -2.34. The number of aromatic carboxylic acids is 1. The predicted molar refractivity (Wildman–Crippen MR) is 71.8 cm³/mol. The molecule has 1 aromatic rings. The van der Waals surface area contributed by atoms with Crippen LogP contribution in [-0.4, -0.2) is 23.7 Å². The van der Waals surface area contributed by atoms with Crippen LogP contribution in [0.1, 0.15) is 41.6 Å². The predicted octanol–water partition coefficient (Wildman–Crippen LogP) is 2.04. The number of hydrogen-bond donors (Lipinski definition) is 3. The van der Waals surface area contributed by atoms with Crippen LogP contribution >= 0.6 is 0 Å². The van der Waals surface area contributed by atoms with Gasteiger partial charge in [-0.2, -0.15) is 0 Å². The Morgan fingerprint density at radius 1 is 1.44 bits per heavy atom. The summed E-state index contributed by atoms with van der Waals surface area (Å²) in [6, 6.07) is 5.60. The highest BCUT2D eigenvalue weighted by Gasteiger charge is 2.16. The second kappa shape index (κ2) is 5.87. The van der Waals surface area contributed by atoms with Crippen LogP contribution in [0.25, 0.3) is 0 Å². The lowest BCUT2D eigenvalue weighted by molar-refractivity contribution is 0.0695. The van der Waals surface area contributed by atoms with Gasteiger partial charge in [-0.15, -0.1) is 0 Å². The zero-order chi connectivity index (χ0) is 13.0. The number of nitrogen functional groups attached to an aromatic ring is 1. The summed E-state index contributed by atoms with van der Waals surface area (Å²) in [7, 11) is 0. The molecule has 1 heterocycles. The summed E-state index contributed by atoms with van der Waals surface area (Å²) in [5.41, 5.74) is 7.59. The van der Waals surface area contributed by atoms with E-state index in [4.69, 9.17) is 10.8 Å². The van der Waals surface area contributed by atoms with Crippen LogP contribution in [0.4, 0.5) is 5.69 Å². The molecule has 4 nitrogen and oxygen atoms in total. The van der Waals surface area contributed by atoms with E-state index in [9.17, 15) is 4.79 Å². The minimum atomic E-state index is -0.895. The Morgan fingerprint density at radius 2 is 2.28 bits per heavy atom. The van der Waals surface area contributed by atoms with Gasteiger partial charge < -0.3 is 16.2 Å². The molecule has 4 heteroatoms. The first-order chi connectivity index (χ1) is 8.68. The number of anilines is 1. The number of rotatable bonds is 4. The Hall–Kier alpha value is -1.55. The number of piperidine rings is 1. The van der Waals surface area contributed by atoms with Gasteiger partial charge in [-0.3, -0.25) is 0 Å². The highest BCUT2D eigenvalue weighted by atomic mass is 16.4. The van der Waals surface area contributed by atoms with E-state index in [0.29, 0.717) is 17.3 Å². The second-order valence-electron chi connectivity index (χ2n) is 4.86. The van der Waals surface area contributed by atoms with Crippen LogP contribution in [0.2, 0.25) is 0 Å². The average molecular weight is 248 g/mol. The maximum absolute atomic E-state index is 11.2. The third-order valence-corrected chi connectivity index (χ3v) is 3.60. The molecule has 0 aliphatic carbocycles. The zero-order valence-electron chi connectivity index (χ0n) is 10.5. The Morgan fingerprint density at radius 3 is 2.94 bits per heavy atom. The first-order valence-electron chi connectivity index (χ1n) is 6.52. The van der Waals surface area contributed by atoms with E-state index in [1.54, 1.807) is 18.2 Å². The topological polar surface area (TPSA) is 75.4 Å². The molecule has 1 aliphatic rings. The van der Waals surface area contributed by atoms with Gasteiger partial charge in [0.05, 0.1) is 5.56 Å². The molecular weight excluding hydrogens is 228 g/mol. The molecule has 0 saturated carbocycles. The van der Waals surface area contributed by atoms with Crippen molar-refractivity contribution in [2.24, 2.45) is 0 Å². The summed E-state index contributed by atoms with van der Waals surface area (Å²) in [4.78, 5) is 11.2. The monoisotopic (exact) mass is 248 g/mol. The standard InChI is InChI=1S/C14H20N2O2/c15-13-6-3-5-12(14(17)18)11(13)8-7-10-4-1-2-9-16-10/h3,5-6,10,16H,1-2,4,7-9,15H2,(H,17,18). The molecule has 0 aromatic heterocycles. The van der Waals surface area contributed by atoms with Gasteiger partial charge in [0.1, 0.15) is 0 Å². The van der Waals surface area contributed by atoms with E-state index in [2.05, 4.69) is 5.32 Å². The van der Waals surface area contributed by atoms with Gasteiger partial charge in [0.2, 0.25) is 0 Å². The molecular formula is C14H20N2O2. The lowest BCUT2D eigenvalue weighted by Gasteiger charge is -2.23. The largest absolute Gasteiger partial charge is 0.478 e. The molecule has 0 radical (unpaired) electrons. The molecule has 0 bridgehead atoms. The molecule has 0 spiro atoms. The fraction of sp³-hybridized carbons (Fsp3) is 0.500. The van der Waals surface area contributed by atoms with E-state index in [1.165, 1.54) is 19.3 Å². The minimum Gasteiger partial charge on any atom is -0.478 e. The van der Waals surface area contributed by atoms with Crippen molar-refractivity contribution in [2.45, 2.75) is 38.1 Å². The van der Waals surface area contributed by atoms with Crippen molar-refractivity contribution in [2.75, 3.05) is 12.3 Å². The molecule has 1 unspecified atom stereocenters. The molecule has 18 heavy (non-hydrogen) atoms. The molecule has 1 aromatic carbocycles. The number of nitrogens with two attached hydrogens (primary N) is 1. The van der Waals surface area contributed by atoms with Crippen LogP contribution in [0, 0.1) is 0 Å². The number of carbonyl (C=O) groups is 1. The summed E-state index contributed by atoms with van der Waals surface area (Å²) in [6.45, 7) is 1.07. The highest BCUT2D eigenvalue weighted by molar-refractivity contribution is 5.91. The fourth-order valence-corrected chi connectivity index (χ4v) is 2.57. The number of nitrogens with one attached hydrogen (secondary N) is 1. The van der Waals surface area contributed by atoms with Crippen molar-refractivity contribution in [1.29, 1.82) is 0 Å². The van der Waals surface area contributed by atoms with Crippen LogP contribution in [0.15, 0.2) is 18.2 Å². The number of benzene rings is 1. The van der Waals surface area contributed by atoms with Gasteiger partial charge in [0, 0.05) is 11.7 Å². The van der Waals surface area contributed by atoms with Crippen LogP contribution in [-0.2, 0) is 6.42 Å². The number of hydrogen-bond acceptors (Lipinski definition) is 3. The van der Waals surface area contributed by atoms with Crippen molar-refractivity contribution in [3.05, 3.63) is 29.3 Å². The molecule has 1 saturated heterocycles. The molecule has 4 N–H and O–H groups in total. The smallest absolute Gasteiger partial charge is 0.336 e. The lowest BCUT2D eigenvalue weighted by atomic mass is 9.95. The van der Waals surface area contributed by atoms with Crippen LogP contribution in [0.3, 0.4) is 0 Å². The second-order valence-corrected chi connectivity index (χ2v) is 4.86. The van der Waals surface area contributed by atoms with Crippen molar-refractivity contribution >= 4 is 11.7 Å². The molecule has 1 aliphatic heterocycles. The first-order valence-corrected chi connectivity index (χ1v) is 6.52. The first kappa shape index (κ1) is 12.9. The zero-order valence-corrected chi connectivity index (χ0v) is 10.5. The summed E-state index contributed by atoms with van der Waals surface area (Å²) in [5, 5.41) is 12.6. The van der Waals surface area contributed by atoms with Gasteiger partial charge >= 0.3 is 5.97 Å². The van der Waals surface area contributed by atoms with Gasteiger partial charge in [-0.1, -0.05) is 12.5 Å². The molecule has 98 valence electrons. The van der Waals surface area contributed by atoms with Gasteiger partial charge in [0.25, 0.3) is 0 Å². The van der Waals surface area contributed by atoms with Gasteiger partial charge in [-0.05, 0) is 49.9 Å². The number of carboxylic acids is 1. The van der Waals surface area contributed by atoms with Gasteiger partial charge in [0.15, 0.2) is 0 Å². The third kappa shape index (κ3) is 3.01. The normalized spacial score (nSPS) is 19.7. The Kier molecular flexibility index (Phi) is 4.20. The van der Waals surface area contributed by atoms with Gasteiger partial charge in [-0.25, -0.2) is 4.79 Å².